The molecule has 1 saturated heterocycles. The Balaban J connectivity index is 1.64. The van der Waals surface area contributed by atoms with Crippen LogP contribution in [0.15, 0.2) is 18.2 Å². The van der Waals surface area contributed by atoms with Gasteiger partial charge in [-0.3, -0.25) is 0 Å². The third-order valence-corrected chi connectivity index (χ3v) is 5.53. The van der Waals surface area contributed by atoms with Gasteiger partial charge in [-0.15, -0.1) is 0 Å². The van der Waals surface area contributed by atoms with Crippen molar-refractivity contribution in [1.29, 1.82) is 5.26 Å². The molecule has 1 fully saturated rings. The first-order chi connectivity index (χ1) is 12.1. The number of halogens is 1. The number of anilines is 2. The maximum absolute atomic E-state index is 9.23. The Hall–Kier alpha value is -2.17. The molecule has 1 aliphatic rings. The molecule has 0 bridgehead atoms. The Labute approximate surface area is 156 Å². The molecular formula is C17H19ClN4O2S. The highest BCUT2D eigenvalue weighted by Gasteiger charge is 2.24. The van der Waals surface area contributed by atoms with Crippen LogP contribution in [0.1, 0.15) is 18.4 Å². The molecule has 0 aliphatic carbocycles. The molecule has 132 valence electrons. The third-order valence-electron chi connectivity index (χ3n) is 4.25. The van der Waals surface area contributed by atoms with E-state index in [1.807, 2.05) is 18.2 Å². The molecule has 1 aromatic carbocycles. The maximum atomic E-state index is 9.23. The SMILES string of the molecule is COc1cc(NC2CCN(c3snc(Cl)c3C#N)CC2)cc(OC)c1. The fourth-order valence-corrected chi connectivity index (χ4v) is 4.01. The van der Waals surface area contributed by atoms with E-state index in [0.29, 0.717) is 16.8 Å². The predicted molar refractivity (Wildman–Crippen MR) is 100 cm³/mol. The van der Waals surface area contributed by atoms with Crippen LogP contribution in [0, 0.1) is 11.3 Å². The number of nitriles is 1. The molecule has 1 N–H and O–H groups in total. The van der Waals surface area contributed by atoms with Gasteiger partial charge >= 0.3 is 0 Å². The Morgan fingerprint density at radius 2 is 1.88 bits per heavy atom. The summed E-state index contributed by atoms with van der Waals surface area (Å²) in [5.74, 6) is 1.52. The van der Waals surface area contributed by atoms with E-state index in [2.05, 4.69) is 20.7 Å². The van der Waals surface area contributed by atoms with E-state index in [4.69, 9.17) is 21.1 Å². The lowest BCUT2D eigenvalue weighted by atomic mass is 10.0. The van der Waals surface area contributed by atoms with E-state index in [1.165, 1.54) is 11.5 Å². The van der Waals surface area contributed by atoms with Crippen molar-refractivity contribution in [2.75, 3.05) is 37.5 Å². The second-order valence-electron chi connectivity index (χ2n) is 5.77. The largest absolute Gasteiger partial charge is 0.497 e. The lowest BCUT2D eigenvalue weighted by Gasteiger charge is -2.33. The zero-order valence-corrected chi connectivity index (χ0v) is 15.7. The van der Waals surface area contributed by atoms with E-state index in [9.17, 15) is 5.26 Å². The first-order valence-electron chi connectivity index (χ1n) is 7.94. The van der Waals surface area contributed by atoms with E-state index in [-0.39, 0.29) is 0 Å². The van der Waals surface area contributed by atoms with Crippen LogP contribution in [0.25, 0.3) is 0 Å². The molecule has 0 spiro atoms. The molecule has 0 saturated carbocycles. The van der Waals surface area contributed by atoms with E-state index < -0.39 is 0 Å². The number of nitrogens with zero attached hydrogens (tertiary/aromatic N) is 3. The Kier molecular flexibility index (Phi) is 5.51. The van der Waals surface area contributed by atoms with Gasteiger partial charge in [-0.25, -0.2) is 0 Å². The molecule has 25 heavy (non-hydrogen) atoms. The minimum Gasteiger partial charge on any atom is -0.497 e. The summed E-state index contributed by atoms with van der Waals surface area (Å²) in [6.07, 6.45) is 1.92. The van der Waals surface area contributed by atoms with Gasteiger partial charge in [0.2, 0.25) is 0 Å². The van der Waals surface area contributed by atoms with Crippen molar-refractivity contribution in [3.05, 3.63) is 28.9 Å². The maximum Gasteiger partial charge on any atom is 0.162 e. The number of nitrogens with one attached hydrogen (secondary N) is 1. The van der Waals surface area contributed by atoms with Crippen molar-refractivity contribution in [1.82, 2.24) is 4.37 Å². The highest BCUT2D eigenvalue weighted by molar-refractivity contribution is 7.10. The number of aromatic nitrogens is 1. The summed E-state index contributed by atoms with van der Waals surface area (Å²) in [4.78, 5) is 2.19. The summed E-state index contributed by atoms with van der Waals surface area (Å²) in [5.41, 5.74) is 1.46. The molecule has 0 radical (unpaired) electrons. The molecule has 0 unspecified atom stereocenters. The second-order valence-corrected chi connectivity index (χ2v) is 6.88. The number of hydrogen-bond acceptors (Lipinski definition) is 7. The fourth-order valence-electron chi connectivity index (χ4n) is 2.93. The molecule has 2 heterocycles. The lowest BCUT2D eigenvalue weighted by Crippen LogP contribution is -2.39. The van der Waals surface area contributed by atoms with Crippen molar-refractivity contribution in [2.24, 2.45) is 0 Å². The zero-order valence-electron chi connectivity index (χ0n) is 14.1. The number of benzene rings is 1. The van der Waals surface area contributed by atoms with Crippen LogP contribution < -0.4 is 19.7 Å². The second kappa shape index (κ2) is 7.81. The fraction of sp³-hybridized carbons (Fsp3) is 0.412. The van der Waals surface area contributed by atoms with Crippen molar-refractivity contribution in [3.63, 3.8) is 0 Å². The van der Waals surface area contributed by atoms with Gasteiger partial charge in [-0.2, -0.15) is 9.64 Å². The third kappa shape index (κ3) is 3.91. The smallest absolute Gasteiger partial charge is 0.162 e. The summed E-state index contributed by atoms with van der Waals surface area (Å²) in [6, 6.07) is 8.28. The number of ether oxygens (including phenoxy) is 2. The predicted octanol–water partition coefficient (Wildman–Crippen LogP) is 3.77. The number of methoxy groups -OCH3 is 2. The van der Waals surface area contributed by atoms with E-state index in [0.717, 1.165) is 48.1 Å². The monoisotopic (exact) mass is 378 g/mol. The lowest BCUT2D eigenvalue weighted by molar-refractivity contribution is 0.394. The molecule has 2 aromatic rings. The van der Waals surface area contributed by atoms with Crippen LogP contribution in [-0.2, 0) is 0 Å². The molecule has 8 heteroatoms. The van der Waals surface area contributed by atoms with Gasteiger partial charge in [-0.05, 0) is 24.4 Å². The summed E-state index contributed by atoms with van der Waals surface area (Å²) >= 11 is 7.26. The van der Waals surface area contributed by atoms with Crippen LogP contribution in [0.2, 0.25) is 5.15 Å². The van der Waals surface area contributed by atoms with Gasteiger partial charge in [0.15, 0.2) is 5.15 Å². The highest BCUT2D eigenvalue weighted by atomic mass is 35.5. The number of hydrogen-bond donors (Lipinski definition) is 1. The summed E-state index contributed by atoms with van der Waals surface area (Å²) in [6.45, 7) is 1.71. The molecule has 1 aliphatic heterocycles. The Morgan fingerprint density at radius 3 is 2.44 bits per heavy atom. The van der Waals surface area contributed by atoms with Gasteiger partial charge in [0.25, 0.3) is 0 Å². The first-order valence-corrected chi connectivity index (χ1v) is 9.09. The van der Waals surface area contributed by atoms with Gasteiger partial charge in [0.05, 0.1) is 14.2 Å². The topological polar surface area (TPSA) is 70.4 Å². The molecular weight excluding hydrogens is 360 g/mol. The average molecular weight is 379 g/mol. The molecule has 0 atom stereocenters. The van der Waals surface area contributed by atoms with E-state index in [1.54, 1.807) is 14.2 Å². The summed E-state index contributed by atoms with van der Waals surface area (Å²) in [7, 11) is 3.29. The van der Waals surface area contributed by atoms with Gasteiger partial charge in [-0.1, -0.05) is 11.6 Å². The van der Waals surface area contributed by atoms with Gasteiger partial charge in [0.1, 0.15) is 28.1 Å². The van der Waals surface area contributed by atoms with E-state index >= 15 is 0 Å². The van der Waals surface area contributed by atoms with Crippen LogP contribution in [-0.4, -0.2) is 37.7 Å². The Morgan fingerprint density at radius 1 is 1.24 bits per heavy atom. The molecule has 0 amide bonds. The minimum absolute atomic E-state index is 0.297. The molecule has 6 nitrogen and oxygen atoms in total. The van der Waals surface area contributed by atoms with Crippen molar-refractivity contribution in [3.8, 4) is 17.6 Å². The summed E-state index contributed by atoms with van der Waals surface area (Å²) < 4.78 is 14.7. The van der Waals surface area contributed by atoms with Crippen molar-refractivity contribution >= 4 is 33.8 Å². The molecule has 3 rings (SSSR count). The van der Waals surface area contributed by atoms with Crippen molar-refractivity contribution in [2.45, 2.75) is 18.9 Å². The highest BCUT2D eigenvalue weighted by Crippen LogP contribution is 2.33. The van der Waals surface area contributed by atoms with Crippen LogP contribution in [0.4, 0.5) is 10.7 Å². The van der Waals surface area contributed by atoms with Crippen LogP contribution >= 0.6 is 23.1 Å². The standard InChI is InChI=1S/C17H19ClN4O2S/c1-23-13-7-12(8-14(9-13)24-2)20-11-3-5-22(6-4-11)17-15(10-19)16(18)21-25-17/h7-9,11,20H,3-6H2,1-2H3. The molecule has 1 aromatic heterocycles. The summed E-state index contributed by atoms with van der Waals surface area (Å²) in [5, 5.41) is 13.9. The quantitative estimate of drug-likeness (QED) is 0.854. The normalized spacial score (nSPS) is 14.9. The minimum atomic E-state index is 0.297. The van der Waals surface area contributed by atoms with Crippen molar-refractivity contribution < 1.29 is 9.47 Å². The number of piperidine rings is 1. The van der Waals surface area contributed by atoms with Crippen LogP contribution in [0.3, 0.4) is 0 Å². The van der Waals surface area contributed by atoms with Gasteiger partial charge in [0, 0.05) is 43.0 Å². The average Bonchev–Trinajstić information content (AvgIpc) is 3.02. The number of rotatable bonds is 5. The zero-order chi connectivity index (χ0) is 17.8. The van der Waals surface area contributed by atoms with Crippen LogP contribution in [0.5, 0.6) is 11.5 Å². The Bertz CT molecular complexity index is 759. The first kappa shape index (κ1) is 17.6. The van der Waals surface area contributed by atoms with Gasteiger partial charge < -0.3 is 19.7 Å².